The molecule has 74 valence electrons. The summed E-state index contributed by atoms with van der Waals surface area (Å²) in [7, 11) is 1.11. The molecule has 0 saturated heterocycles. The molecule has 0 radical (unpaired) electrons. The molecule has 0 amide bonds. The fourth-order valence-electron chi connectivity index (χ4n) is 0.886. The van der Waals surface area contributed by atoms with Crippen LogP contribution in [0.4, 0.5) is 13.2 Å². The van der Waals surface area contributed by atoms with Crippen molar-refractivity contribution in [1.29, 1.82) is 0 Å². The van der Waals surface area contributed by atoms with Gasteiger partial charge in [-0.25, -0.2) is 4.79 Å². The SMILES string of the molecule is COC(=O)[C@H]1CN=C(C(F)(F)F)N1. The molecule has 1 rings (SSSR count). The number of nitrogens with one attached hydrogen (secondary N) is 1. The average molecular weight is 196 g/mol. The van der Waals surface area contributed by atoms with Gasteiger partial charge in [-0.3, -0.25) is 4.99 Å². The maximum absolute atomic E-state index is 12.0. The van der Waals surface area contributed by atoms with Crippen molar-refractivity contribution in [3.8, 4) is 0 Å². The number of amidine groups is 1. The first-order valence-electron chi connectivity index (χ1n) is 3.41. The molecule has 4 nitrogen and oxygen atoms in total. The monoisotopic (exact) mass is 196 g/mol. The Hall–Kier alpha value is -1.27. The number of carbonyl (C=O) groups is 1. The molecule has 0 unspecified atom stereocenters. The molecule has 1 aliphatic heterocycles. The van der Waals surface area contributed by atoms with Gasteiger partial charge in [0.1, 0.15) is 6.04 Å². The van der Waals surface area contributed by atoms with Gasteiger partial charge in [-0.1, -0.05) is 0 Å². The van der Waals surface area contributed by atoms with Crippen LogP contribution in [0.5, 0.6) is 0 Å². The Labute approximate surface area is 71.8 Å². The van der Waals surface area contributed by atoms with Gasteiger partial charge in [0, 0.05) is 0 Å². The minimum Gasteiger partial charge on any atom is -0.467 e. The second-order valence-corrected chi connectivity index (χ2v) is 2.41. The van der Waals surface area contributed by atoms with Crippen LogP contribution in [0.15, 0.2) is 4.99 Å². The van der Waals surface area contributed by atoms with E-state index in [2.05, 4.69) is 9.73 Å². The summed E-state index contributed by atoms with van der Waals surface area (Å²) in [6.07, 6.45) is -4.53. The van der Waals surface area contributed by atoms with Gasteiger partial charge in [-0.2, -0.15) is 13.2 Å². The van der Waals surface area contributed by atoms with E-state index < -0.39 is 24.0 Å². The number of esters is 1. The molecule has 1 heterocycles. The molecule has 1 atom stereocenters. The molecule has 1 N–H and O–H groups in total. The van der Waals surface area contributed by atoms with Crippen LogP contribution in [0.3, 0.4) is 0 Å². The summed E-state index contributed by atoms with van der Waals surface area (Å²) in [5.74, 6) is -1.87. The third-order valence-corrected chi connectivity index (χ3v) is 1.50. The number of hydrogen-bond acceptors (Lipinski definition) is 4. The summed E-state index contributed by atoms with van der Waals surface area (Å²) < 4.78 is 40.1. The topological polar surface area (TPSA) is 50.7 Å². The van der Waals surface area contributed by atoms with Crippen molar-refractivity contribution in [1.82, 2.24) is 5.32 Å². The van der Waals surface area contributed by atoms with Gasteiger partial charge in [0.25, 0.3) is 0 Å². The number of carbonyl (C=O) groups excluding carboxylic acids is 1. The van der Waals surface area contributed by atoms with Gasteiger partial charge in [0.05, 0.1) is 13.7 Å². The zero-order valence-electron chi connectivity index (χ0n) is 6.68. The zero-order valence-corrected chi connectivity index (χ0v) is 6.68. The summed E-state index contributed by atoms with van der Waals surface area (Å²) in [6, 6.07) is -1.01. The van der Waals surface area contributed by atoms with E-state index in [0.29, 0.717) is 0 Å². The molecule has 0 aromatic rings. The first-order valence-corrected chi connectivity index (χ1v) is 3.41. The van der Waals surface area contributed by atoms with Crippen LogP contribution in [0, 0.1) is 0 Å². The molecule has 7 heteroatoms. The molecule has 0 saturated carbocycles. The van der Waals surface area contributed by atoms with E-state index in [4.69, 9.17) is 0 Å². The maximum atomic E-state index is 12.0. The highest BCUT2D eigenvalue weighted by Gasteiger charge is 2.41. The number of nitrogens with zero attached hydrogens (tertiary/aromatic N) is 1. The van der Waals surface area contributed by atoms with Crippen molar-refractivity contribution in [3.05, 3.63) is 0 Å². The van der Waals surface area contributed by atoms with E-state index in [1.807, 2.05) is 5.32 Å². The normalized spacial score (nSPS) is 22.2. The fraction of sp³-hybridized carbons (Fsp3) is 0.667. The highest BCUT2D eigenvalue weighted by molar-refractivity contribution is 5.94. The molecule has 0 aromatic heterocycles. The number of methoxy groups -OCH3 is 1. The minimum absolute atomic E-state index is 0.235. The molecule has 0 spiro atoms. The molecule has 0 aromatic carbocycles. The van der Waals surface area contributed by atoms with Gasteiger partial charge in [-0.05, 0) is 0 Å². The lowest BCUT2D eigenvalue weighted by Gasteiger charge is -2.10. The van der Waals surface area contributed by atoms with E-state index in [9.17, 15) is 18.0 Å². The lowest BCUT2D eigenvalue weighted by molar-refractivity contribution is -0.142. The molecule has 1 aliphatic rings. The number of hydrogen-bond donors (Lipinski definition) is 1. The standard InChI is InChI=1S/C6H7F3N2O2/c1-13-4(12)3-2-10-5(11-3)6(7,8)9/h3H,2H2,1H3,(H,10,11)/t3-/m1/s1. The van der Waals surface area contributed by atoms with Crippen molar-refractivity contribution < 1.29 is 22.7 Å². The molecular weight excluding hydrogens is 189 g/mol. The lowest BCUT2D eigenvalue weighted by Crippen LogP contribution is -2.43. The molecular formula is C6H7F3N2O2. The molecule has 0 aliphatic carbocycles. The second kappa shape index (κ2) is 3.23. The summed E-state index contributed by atoms with van der Waals surface area (Å²) >= 11 is 0. The molecule has 0 bridgehead atoms. The highest BCUT2D eigenvalue weighted by Crippen LogP contribution is 2.18. The van der Waals surface area contributed by atoms with Crippen LogP contribution in [0.2, 0.25) is 0 Å². The van der Waals surface area contributed by atoms with Gasteiger partial charge in [0.2, 0.25) is 5.84 Å². The Morgan fingerprint density at radius 1 is 1.69 bits per heavy atom. The van der Waals surface area contributed by atoms with E-state index >= 15 is 0 Å². The first kappa shape index (κ1) is 9.82. The number of rotatable bonds is 1. The van der Waals surface area contributed by atoms with Crippen molar-refractivity contribution in [3.63, 3.8) is 0 Å². The van der Waals surface area contributed by atoms with Crippen molar-refractivity contribution in [2.24, 2.45) is 4.99 Å². The third kappa shape index (κ3) is 2.10. The van der Waals surface area contributed by atoms with E-state index in [1.54, 1.807) is 0 Å². The predicted molar refractivity (Wildman–Crippen MR) is 37.3 cm³/mol. The quantitative estimate of drug-likeness (QED) is 0.605. The number of aliphatic imine (C=N–C) groups is 1. The van der Waals surface area contributed by atoms with Crippen LogP contribution >= 0.6 is 0 Å². The third-order valence-electron chi connectivity index (χ3n) is 1.50. The number of halogens is 3. The van der Waals surface area contributed by atoms with Gasteiger partial charge >= 0.3 is 12.1 Å². The number of alkyl halides is 3. The van der Waals surface area contributed by atoms with Crippen LogP contribution in [0.1, 0.15) is 0 Å². The lowest BCUT2D eigenvalue weighted by atomic mass is 10.3. The summed E-state index contributed by atoms with van der Waals surface area (Å²) in [5.41, 5.74) is 0. The van der Waals surface area contributed by atoms with Crippen LogP contribution in [-0.4, -0.2) is 37.7 Å². The van der Waals surface area contributed by atoms with Crippen LogP contribution in [-0.2, 0) is 9.53 Å². The smallest absolute Gasteiger partial charge is 0.448 e. The highest BCUT2D eigenvalue weighted by atomic mass is 19.4. The molecule has 0 fully saturated rings. The van der Waals surface area contributed by atoms with Crippen LogP contribution in [0.25, 0.3) is 0 Å². The average Bonchev–Trinajstić information content (AvgIpc) is 2.50. The van der Waals surface area contributed by atoms with Crippen molar-refractivity contribution in [2.45, 2.75) is 12.2 Å². The van der Waals surface area contributed by atoms with Crippen LogP contribution < -0.4 is 5.32 Å². The Bertz CT molecular complexity index is 249. The van der Waals surface area contributed by atoms with E-state index in [1.165, 1.54) is 0 Å². The predicted octanol–water partition coefficient (Wildman–Crippen LogP) is 0.0920. The zero-order chi connectivity index (χ0) is 10.1. The second-order valence-electron chi connectivity index (χ2n) is 2.41. The summed E-state index contributed by atoms with van der Waals surface area (Å²) in [5, 5.41) is 1.93. The summed E-state index contributed by atoms with van der Waals surface area (Å²) in [6.45, 7) is -0.235. The largest absolute Gasteiger partial charge is 0.467 e. The Balaban J connectivity index is 2.57. The Kier molecular flexibility index (Phi) is 2.44. The Morgan fingerprint density at radius 3 is 2.69 bits per heavy atom. The van der Waals surface area contributed by atoms with E-state index in [0.717, 1.165) is 7.11 Å². The first-order chi connectivity index (χ1) is 5.95. The van der Waals surface area contributed by atoms with Crippen molar-refractivity contribution in [2.75, 3.05) is 13.7 Å². The fourth-order valence-corrected chi connectivity index (χ4v) is 0.886. The van der Waals surface area contributed by atoms with Gasteiger partial charge in [-0.15, -0.1) is 0 Å². The maximum Gasteiger partial charge on any atom is 0.448 e. The number of ether oxygens (including phenoxy) is 1. The van der Waals surface area contributed by atoms with E-state index in [-0.39, 0.29) is 6.54 Å². The summed E-state index contributed by atoms with van der Waals surface area (Å²) in [4.78, 5) is 13.9. The Morgan fingerprint density at radius 2 is 2.31 bits per heavy atom. The minimum atomic E-state index is -4.53. The molecule has 13 heavy (non-hydrogen) atoms. The van der Waals surface area contributed by atoms with Gasteiger partial charge < -0.3 is 10.1 Å². The van der Waals surface area contributed by atoms with Crippen molar-refractivity contribution >= 4 is 11.8 Å². The van der Waals surface area contributed by atoms with Gasteiger partial charge in [0.15, 0.2) is 0 Å².